The molecule has 3 heteroatoms. The Hall–Kier alpha value is -1.87. The summed E-state index contributed by atoms with van der Waals surface area (Å²) in [6, 6.07) is 12.1. The minimum Gasteiger partial charge on any atom is -0.468 e. The first kappa shape index (κ1) is 14.1. The summed E-state index contributed by atoms with van der Waals surface area (Å²) < 4.78 is 5.44. The second-order valence-electron chi connectivity index (χ2n) is 5.89. The topological polar surface area (TPSA) is 33.5 Å². The molecule has 2 aromatic rings. The van der Waals surface area contributed by atoms with E-state index in [1.165, 1.54) is 18.4 Å². The van der Waals surface area contributed by atoms with Crippen molar-refractivity contribution in [1.82, 2.24) is 4.90 Å². The van der Waals surface area contributed by atoms with Gasteiger partial charge in [-0.15, -0.1) is 0 Å². The summed E-state index contributed by atoms with van der Waals surface area (Å²) in [6.45, 7) is 4.74. The molecule has 110 valence electrons. The van der Waals surface area contributed by atoms with Crippen LogP contribution in [0.25, 0.3) is 0 Å². The number of ketones is 1. The Morgan fingerprint density at radius 1 is 1.29 bits per heavy atom. The van der Waals surface area contributed by atoms with Gasteiger partial charge in [-0.2, -0.15) is 0 Å². The standard InChI is InChI=1S/C18H21NO2/c1-13-5-7-15(8-6-13)18(20)14(2)19(16-9-10-16)12-17-4-3-11-21-17/h3-8,11,14,16H,9-10,12H2,1-2H3. The number of hydrogen-bond donors (Lipinski definition) is 0. The van der Waals surface area contributed by atoms with Crippen LogP contribution in [-0.4, -0.2) is 22.8 Å². The van der Waals surface area contributed by atoms with Crippen molar-refractivity contribution in [3.05, 3.63) is 59.5 Å². The molecule has 1 heterocycles. The van der Waals surface area contributed by atoms with E-state index in [0.717, 1.165) is 11.3 Å². The van der Waals surface area contributed by atoms with Gasteiger partial charge in [0.2, 0.25) is 0 Å². The molecule has 3 nitrogen and oxygen atoms in total. The normalized spacial score (nSPS) is 16.1. The predicted octanol–water partition coefficient (Wildman–Crippen LogP) is 3.82. The maximum Gasteiger partial charge on any atom is 0.179 e. The van der Waals surface area contributed by atoms with Crippen molar-refractivity contribution in [2.75, 3.05) is 0 Å². The summed E-state index contributed by atoms with van der Waals surface area (Å²) in [5, 5.41) is 0. The second-order valence-corrected chi connectivity index (χ2v) is 5.89. The van der Waals surface area contributed by atoms with E-state index in [1.54, 1.807) is 6.26 Å². The van der Waals surface area contributed by atoms with Crippen molar-refractivity contribution >= 4 is 5.78 Å². The van der Waals surface area contributed by atoms with Crippen molar-refractivity contribution in [3.8, 4) is 0 Å². The number of rotatable bonds is 6. The van der Waals surface area contributed by atoms with E-state index in [1.807, 2.05) is 50.2 Å². The van der Waals surface area contributed by atoms with Gasteiger partial charge in [-0.3, -0.25) is 9.69 Å². The highest BCUT2D eigenvalue weighted by Crippen LogP contribution is 2.31. The van der Waals surface area contributed by atoms with Crippen LogP contribution >= 0.6 is 0 Å². The van der Waals surface area contributed by atoms with E-state index in [4.69, 9.17) is 4.42 Å². The molecule has 1 fully saturated rings. The summed E-state index contributed by atoms with van der Waals surface area (Å²) >= 11 is 0. The molecule has 0 bridgehead atoms. The summed E-state index contributed by atoms with van der Waals surface area (Å²) in [5.41, 5.74) is 1.96. The van der Waals surface area contributed by atoms with Gasteiger partial charge in [-0.1, -0.05) is 29.8 Å². The second kappa shape index (κ2) is 5.86. The van der Waals surface area contributed by atoms with Gasteiger partial charge in [0.25, 0.3) is 0 Å². The lowest BCUT2D eigenvalue weighted by Crippen LogP contribution is -2.40. The fourth-order valence-electron chi connectivity index (χ4n) is 2.68. The lowest BCUT2D eigenvalue weighted by Gasteiger charge is -2.27. The quantitative estimate of drug-likeness (QED) is 0.756. The number of carbonyl (C=O) groups excluding carboxylic acids is 1. The third-order valence-electron chi connectivity index (χ3n) is 4.15. The molecule has 1 unspecified atom stereocenters. The molecule has 0 amide bonds. The zero-order chi connectivity index (χ0) is 14.8. The lowest BCUT2D eigenvalue weighted by molar-refractivity contribution is 0.0803. The van der Waals surface area contributed by atoms with E-state index in [2.05, 4.69) is 4.90 Å². The highest BCUT2D eigenvalue weighted by Gasteiger charge is 2.35. The van der Waals surface area contributed by atoms with Crippen molar-refractivity contribution < 1.29 is 9.21 Å². The Kier molecular flexibility index (Phi) is 3.93. The minimum atomic E-state index is -0.120. The van der Waals surface area contributed by atoms with Crippen LogP contribution < -0.4 is 0 Å². The number of benzene rings is 1. The third-order valence-corrected chi connectivity index (χ3v) is 4.15. The van der Waals surface area contributed by atoms with E-state index >= 15 is 0 Å². The maximum atomic E-state index is 12.7. The average Bonchev–Trinajstić information content (AvgIpc) is 3.20. The van der Waals surface area contributed by atoms with E-state index in [0.29, 0.717) is 12.6 Å². The fourth-order valence-corrected chi connectivity index (χ4v) is 2.68. The van der Waals surface area contributed by atoms with Crippen LogP contribution in [0, 0.1) is 6.92 Å². The number of carbonyl (C=O) groups is 1. The fraction of sp³-hybridized carbons (Fsp3) is 0.389. The molecule has 1 aromatic heterocycles. The monoisotopic (exact) mass is 283 g/mol. The molecular formula is C18H21NO2. The molecule has 21 heavy (non-hydrogen) atoms. The molecule has 1 atom stereocenters. The maximum absolute atomic E-state index is 12.7. The van der Waals surface area contributed by atoms with Gasteiger partial charge in [0.05, 0.1) is 18.8 Å². The SMILES string of the molecule is Cc1ccc(C(=O)C(C)N(Cc2ccco2)C2CC2)cc1. The highest BCUT2D eigenvalue weighted by atomic mass is 16.3. The molecule has 0 N–H and O–H groups in total. The largest absolute Gasteiger partial charge is 0.468 e. The molecule has 0 saturated heterocycles. The molecule has 1 aromatic carbocycles. The molecule has 0 radical (unpaired) electrons. The van der Waals surface area contributed by atoms with Crippen LogP contribution in [0.3, 0.4) is 0 Å². The minimum absolute atomic E-state index is 0.120. The lowest BCUT2D eigenvalue weighted by atomic mass is 10.0. The molecule has 0 aliphatic heterocycles. The molecular weight excluding hydrogens is 262 g/mol. The van der Waals surface area contributed by atoms with Crippen molar-refractivity contribution in [3.63, 3.8) is 0 Å². The molecule has 0 spiro atoms. The van der Waals surface area contributed by atoms with Crippen molar-refractivity contribution in [2.45, 2.75) is 45.3 Å². The first-order valence-corrected chi connectivity index (χ1v) is 7.54. The number of aryl methyl sites for hydroxylation is 1. The van der Waals surface area contributed by atoms with E-state index in [-0.39, 0.29) is 11.8 Å². The highest BCUT2D eigenvalue weighted by molar-refractivity contribution is 5.99. The van der Waals surface area contributed by atoms with Gasteiger partial charge in [0.15, 0.2) is 5.78 Å². The van der Waals surface area contributed by atoms with Crippen LogP contribution in [0.2, 0.25) is 0 Å². The molecule has 1 saturated carbocycles. The molecule has 3 rings (SSSR count). The van der Waals surface area contributed by atoms with Crippen LogP contribution in [0.1, 0.15) is 41.4 Å². The Labute approximate surface area is 125 Å². The first-order chi connectivity index (χ1) is 10.1. The Bertz CT molecular complexity index is 597. The Balaban J connectivity index is 1.75. The summed E-state index contributed by atoms with van der Waals surface area (Å²) in [5.74, 6) is 1.11. The number of Topliss-reactive ketones (excluding diaryl/α,β-unsaturated/α-hetero) is 1. The zero-order valence-electron chi connectivity index (χ0n) is 12.6. The number of furan rings is 1. The van der Waals surface area contributed by atoms with Gasteiger partial charge >= 0.3 is 0 Å². The van der Waals surface area contributed by atoms with Gasteiger partial charge in [-0.05, 0) is 38.8 Å². The zero-order valence-corrected chi connectivity index (χ0v) is 12.6. The summed E-state index contributed by atoms with van der Waals surface area (Å²) in [7, 11) is 0. The summed E-state index contributed by atoms with van der Waals surface area (Å²) in [6.07, 6.45) is 4.03. The van der Waals surface area contributed by atoms with Crippen LogP contribution in [0.15, 0.2) is 47.1 Å². The Morgan fingerprint density at radius 2 is 2.00 bits per heavy atom. The van der Waals surface area contributed by atoms with Crippen molar-refractivity contribution in [2.24, 2.45) is 0 Å². The van der Waals surface area contributed by atoms with Gasteiger partial charge in [0, 0.05) is 11.6 Å². The van der Waals surface area contributed by atoms with Crippen molar-refractivity contribution in [1.29, 1.82) is 0 Å². The predicted molar refractivity (Wildman–Crippen MR) is 82.2 cm³/mol. The van der Waals surface area contributed by atoms with E-state index in [9.17, 15) is 4.79 Å². The van der Waals surface area contributed by atoms with Crippen LogP contribution in [-0.2, 0) is 6.54 Å². The van der Waals surface area contributed by atoms with Crippen LogP contribution in [0.4, 0.5) is 0 Å². The first-order valence-electron chi connectivity index (χ1n) is 7.54. The molecule has 1 aliphatic rings. The van der Waals surface area contributed by atoms with Gasteiger partial charge in [-0.25, -0.2) is 0 Å². The Morgan fingerprint density at radius 3 is 2.57 bits per heavy atom. The third kappa shape index (κ3) is 3.24. The number of nitrogens with zero attached hydrogens (tertiary/aromatic N) is 1. The van der Waals surface area contributed by atoms with E-state index < -0.39 is 0 Å². The summed E-state index contributed by atoms with van der Waals surface area (Å²) in [4.78, 5) is 15.0. The average molecular weight is 283 g/mol. The van der Waals surface area contributed by atoms with Crippen LogP contribution in [0.5, 0.6) is 0 Å². The van der Waals surface area contributed by atoms with Gasteiger partial charge in [0.1, 0.15) is 5.76 Å². The number of hydrogen-bond acceptors (Lipinski definition) is 3. The van der Waals surface area contributed by atoms with Gasteiger partial charge < -0.3 is 4.42 Å². The smallest absolute Gasteiger partial charge is 0.179 e. The molecule has 1 aliphatic carbocycles.